The molecule has 0 spiro atoms. The molecule has 2 fully saturated rings. The molecule has 6 atom stereocenters. The van der Waals surface area contributed by atoms with Crippen molar-refractivity contribution in [1.29, 1.82) is 0 Å². The topological polar surface area (TPSA) is 83.5 Å². The van der Waals surface area contributed by atoms with Gasteiger partial charge < -0.3 is 28.2 Å². The van der Waals surface area contributed by atoms with Crippen molar-refractivity contribution >= 4 is 22.6 Å². The maximum Gasteiger partial charge on any atom is 0.308 e. The van der Waals surface area contributed by atoms with E-state index in [0.717, 1.165) is 6.42 Å². The summed E-state index contributed by atoms with van der Waals surface area (Å²) in [5.41, 5.74) is 0. The Labute approximate surface area is 203 Å². The quantitative estimate of drug-likeness (QED) is 0.399. The fourth-order valence-corrected chi connectivity index (χ4v) is 6.53. The summed E-state index contributed by atoms with van der Waals surface area (Å²) in [6.07, 6.45) is -0.446. The fraction of sp³-hybridized carbons (Fsp3) is 0.958. The third kappa shape index (κ3) is 6.68. The lowest BCUT2D eigenvalue weighted by atomic mass is 9.89. The molecule has 33 heavy (non-hydrogen) atoms. The molecule has 0 aromatic carbocycles. The molecule has 0 radical (unpaired) electrons. The van der Waals surface area contributed by atoms with Gasteiger partial charge in [-0.15, -0.1) is 0 Å². The largest absolute Gasteiger partial charge is 0.469 e. The summed E-state index contributed by atoms with van der Waals surface area (Å²) in [6.45, 7) is 22.0. The Balaban J connectivity index is 2.44. The van der Waals surface area contributed by atoms with Crippen molar-refractivity contribution in [1.82, 2.24) is 0 Å². The second-order valence-corrected chi connectivity index (χ2v) is 22.2. The van der Waals surface area contributed by atoms with Gasteiger partial charge in [0, 0.05) is 0 Å². The van der Waals surface area contributed by atoms with E-state index in [4.69, 9.17) is 23.1 Å². The summed E-state index contributed by atoms with van der Waals surface area (Å²) < 4.78 is 31.6. The van der Waals surface area contributed by atoms with Gasteiger partial charge in [-0.2, -0.15) is 0 Å². The number of carbonyl (C=O) groups is 1. The molecule has 2 saturated heterocycles. The highest BCUT2D eigenvalue weighted by Crippen LogP contribution is 2.45. The molecular weight excluding hydrogens is 456 g/mol. The van der Waals surface area contributed by atoms with Gasteiger partial charge in [0.1, 0.15) is 24.4 Å². The second-order valence-electron chi connectivity index (χ2n) is 12.7. The number of carbonyl (C=O) groups excluding carboxylic acids is 1. The van der Waals surface area contributed by atoms with Gasteiger partial charge in [-0.25, -0.2) is 0 Å². The van der Waals surface area contributed by atoms with Crippen LogP contribution >= 0.6 is 0 Å². The number of methoxy groups -OCH3 is 1. The minimum atomic E-state index is -2.21. The highest BCUT2D eigenvalue weighted by atomic mass is 28.4. The number of fused-ring (bicyclic) bond motifs is 1. The molecule has 0 unspecified atom stereocenters. The normalized spacial score (nSPS) is 31.8. The Morgan fingerprint density at radius 3 is 1.88 bits per heavy atom. The standard InChI is InChI=1S/C24H48O7Si2/c1-23(2,3)32(8,9)30-21-18(15-25)29-17-13-12-16(14-19(26)27-7)28-20(17)22(21)31-33(10,11)24(4,5)6/h16-18,20-22,25H,12-15H2,1-11H3/t16-,17+,18+,20+,21-,22+/m1/s1. The fourth-order valence-electron chi connectivity index (χ4n) is 3.90. The van der Waals surface area contributed by atoms with Gasteiger partial charge in [-0.05, 0) is 49.1 Å². The Bertz CT molecular complexity index is 669. The third-order valence-electron chi connectivity index (χ3n) is 8.13. The van der Waals surface area contributed by atoms with E-state index in [1.807, 2.05) is 0 Å². The van der Waals surface area contributed by atoms with Gasteiger partial charge in [0.25, 0.3) is 0 Å². The maximum absolute atomic E-state index is 11.9. The van der Waals surface area contributed by atoms with Gasteiger partial charge in [-0.3, -0.25) is 4.79 Å². The highest BCUT2D eigenvalue weighted by Gasteiger charge is 2.55. The number of hydrogen-bond donors (Lipinski definition) is 1. The van der Waals surface area contributed by atoms with Crippen LogP contribution in [0.5, 0.6) is 0 Å². The van der Waals surface area contributed by atoms with Gasteiger partial charge in [0.15, 0.2) is 16.6 Å². The Kier molecular flexibility index (Phi) is 9.09. The smallest absolute Gasteiger partial charge is 0.308 e. The molecule has 194 valence electrons. The summed E-state index contributed by atoms with van der Waals surface area (Å²) in [5.74, 6) is -0.278. The van der Waals surface area contributed by atoms with Crippen molar-refractivity contribution in [2.45, 2.75) is 134 Å². The molecule has 0 saturated carbocycles. The first-order chi connectivity index (χ1) is 14.9. The maximum atomic E-state index is 11.9. The molecule has 2 aliphatic heterocycles. The van der Waals surface area contributed by atoms with Crippen LogP contribution in [0.3, 0.4) is 0 Å². The molecule has 2 aliphatic rings. The average Bonchev–Trinajstić information content (AvgIpc) is 2.67. The average molecular weight is 505 g/mol. The van der Waals surface area contributed by atoms with E-state index in [9.17, 15) is 9.90 Å². The first-order valence-corrected chi connectivity index (χ1v) is 18.1. The lowest BCUT2D eigenvalue weighted by Gasteiger charge is -2.54. The number of hydrogen-bond acceptors (Lipinski definition) is 7. The highest BCUT2D eigenvalue weighted by molar-refractivity contribution is 6.74. The van der Waals surface area contributed by atoms with Crippen molar-refractivity contribution in [2.75, 3.05) is 13.7 Å². The minimum absolute atomic E-state index is 0.00286. The van der Waals surface area contributed by atoms with Crippen LogP contribution in [0.2, 0.25) is 36.3 Å². The molecule has 7 nitrogen and oxygen atoms in total. The van der Waals surface area contributed by atoms with E-state index in [1.165, 1.54) is 7.11 Å². The Morgan fingerprint density at radius 1 is 0.909 bits per heavy atom. The van der Waals surface area contributed by atoms with Crippen molar-refractivity contribution in [3.05, 3.63) is 0 Å². The summed E-state index contributed by atoms with van der Waals surface area (Å²) in [6, 6.07) is 0. The van der Waals surface area contributed by atoms with Crippen LogP contribution in [0.1, 0.15) is 60.8 Å². The zero-order valence-corrected chi connectivity index (χ0v) is 24.7. The SMILES string of the molecule is COC(=O)C[C@H]1CC[C@@H]2O[C@@H](CO)[C@@H](O[Si](C)(C)C(C)(C)C)[C@@H](O[Si](C)(C)C(C)(C)C)[C@H]2O1. The molecule has 0 aliphatic carbocycles. The number of esters is 1. The predicted octanol–water partition coefficient (Wildman–Crippen LogP) is 4.64. The summed E-state index contributed by atoms with van der Waals surface area (Å²) >= 11 is 0. The molecule has 0 bridgehead atoms. The number of ether oxygens (including phenoxy) is 3. The van der Waals surface area contributed by atoms with E-state index < -0.39 is 28.8 Å². The van der Waals surface area contributed by atoms with Gasteiger partial charge in [0.05, 0.1) is 32.3 Å². The third-order valence-corrected chi connectivity index (χ3v) is 17.1. The molecule has 2 rings (SSSR count). The molecule has 0 amide bonds. The van der Waals surface area contributed by atoms with Crippen molar-refractivity contribution in [2.24, 2.45) is 0 Å². The number of aliphatic hydroxyl groups is 1. The second kappa shape index (κ2) is 10.4. The molecular formula is C24H48O7Si2. The van der Waals surface area contributed by atoms with Gasteiger partial charge >= 0.3 is 5.97 Å². The van der Waals surface area contributed by atoms with Crippen LogP contribution in [-0.4, -0.2) is 78.1 Å². The van der Waals surface area contributed by atoms with Crippen molar-refractivity contribution < 1.29 is 33.0 Å². The van der Waals surface area contributed by atoms with E-state index in [-0.39, 0.29) is 53.5 Å². The molecule has 9 heteroatoms. The monoisotopic (exact) mass is 504 g/mol. The van der Waals surface area contributed by atoms with Crippen LogP contribution in [0, 0.1) is 0 Å². The van der Waals surface area contributed by atoms with Crippen LogP contribution in [0.4, 0.5) is 0 Å². The number of rotatable bonds is 7. The molecule has 1 N–H and O–H groups in total. The lowest BCUT2D eigenvalue weighted by molar-refractivity contribution is -0.261. The summed E-state index contributed by atoms with van der Waals surface area (Å²) in [7, 11) is -3.01. The molecule has 2 heterocycles. The van der Waals surface area contributed by atoms with E-state index in [2.05, 4.69) is 67.7 Å². The van der Waals surface area contributed by atoms with Crippen molar-refractivity contribution in [3.63, 3.8) is 0 Å². The van der Waals surface area contributed by atoms with Crippen LogP contribution in [-0.2, 0) is 27.9 Å². The van der Waals surface area contributed by atoms with E-state index in [1.54, 1.807) is 0 Å². The minimum Gasteiger partial charge on any atom is -0.469 e. The summed E-state index contributed by atoms with van der Waals surface area (Å²) in [5, 5.41) is 10.3. The Hall–Kier alpha value is -0.296. The van der Waals surface area contributed by atoms with Crippen LogP contribution in [0.25, 0.3) is 0 Å². The number of aliphatic hydroxyl groups excluding tert-OH is 1. The zero-order valence-electron chi connectivity index (χ0n) is 22.7. The van der Waals surface area contributed by atoms with E-state index in [0.29, 0.717) is 6.42 Å². The Morgan fingerprint density at radius 2 is 1.42 bits per heavy atom. The van der Waals surface area contributed by atoms with E-state index >= 15 is 0 Å². The zero-order chi connectivity index (χ0) is 25.4. The predicted molar refractivity (Wildman–Crippen MR) is 134 cm³/mol. The van der Waals surface area contributed by atoms with Crippen LogP contribution in [0.15, 0.2) is 0 Å². The lowest BCUT2D eigenvalue weighted by Crippen LogP contribution is -2.67. The van der Waals surface area contributed by atoms with Gasteiger partial charge in [-0.1, -0.05) is 41.5 Å². The first kappa shape index (κ1) is 28.9. The van der Waals surface area contributed by atoms with Crippen LogP contribution < -0.4 is 0 Å². The van der Waals surface area contributed by atoms with Gasteiger partial charge in [0.2, 0.25) is 0 Å². The summed E-state index contributed by atoms with van der Waals surface area (Å²) in [4.78, 5) is 11.9. The van der Waals surface area contributed by atoms with Crippen molar-refractivity contribution in [3.8, 4) is 0 Å². The molecule has 0 aromatic heterocycles. The molecule has 0 aromatic rings. The first-order valence-electron chi connectivity index (χ1n) is 12.3.